The van der Waals surface area contributed by atoms with Gasteiger partial charge in [-0.1, -0.05) is 0 Å². The molecule has 1 heterocycles. The largest absolute Gasteiger partial charge is 0.405 e. The summed E-state index contributed by atoms with van der Waals surface area (Å²) in [6.45, 7) is -2.90. The summed E-state index contributed by atoms with van der Waals surface area (Å²) in [6.07, 6.45) is -9.76. The Morgan fingerprint density at radius 2 is 1.52 bits per heavy atom. The third kappa shape index (κ3) is 7.73. The maximum Gasteiger partial charge on any atom is 0.405 e. The molecule has 1 atom stereocenters. The summed E-state index contributed by atoms with van der Waals surface area (Å²) in [6, 6.07) is 0. The zero-order valence-electron chi connectivity index (χ0n) is 11.7. The van der Waals surface area contributed by atoms with Gasteiger partial charge in [-0.05, 0) is 13.0 Å². The predicted octanol–water partition coefficient (Wildman–Crippen LogP) is 1.13. The van der Waals surface area contributed by atoms with Gasteiger partial charge >= 0.3 is 12.4 Å². The minimum absolute atomic E-state index is 0. The van der Waals surface area contributed by atoms with Crippen molar-refractivity contribution in [2.75, 3.05) is 26.2 Å². The number of nitrogens with one attached hydrogen (secondary N) is 3. The Morgan fingerprint density at radius 3 is 1.96 bits per heavy atom. The van der Waals surface area contributed by atoms with Crippen LogP contribution in [0.15, 0.2) is 0 Å². The first-order chi connectivity index (χ1) is 9.94. The second-order valence-electron chi connectivity index (χ2n) is 5.07. The number of halogens is 7. The van der Waals surface area contributed by atoms with E-state index in [9.17, 15) is 35.9 Å². The van der Waals surface area contributed by atoms with E-state index in [1.807, 2.05) is 0 Å². The molecule has 0 aromatic rings. The van der Waals surface area contributed by atoms with Gasteiger partial charge in [-0.25, -0.2) is 0 Å². The molecule has 136 valence electrons. The van der Waals surface area contributed by atoms with Gasteiger partial charge in [-0.2, -0.15) is 26.3 Å². The topological polar surface area (TPSA) is 70.2 Å². The fraction of sp³-hybridized carbons (Fsp3) is 0.818. The van der Waals surface area contributed by atoms with E-state index in [1.54, 1.807) is 10.6 Å². The molecule has 0 bridgehead atoms. The maximum atomic E-state index is 12.1. The lowest BCUT2D eigenvalue weighted by Crippen LogP contribution is -2.48. The first kappa shape index (κ1) is 21.8. The van der Waals surface area contributed by atoms with E-state index in [1.165, 1.54) is 0 Å². The lowest BCUT2D eigenvalue weighted by atomic mass is 9.82. The first-order valence-electron chi connectivity index (χ1n) is 6.33. The van der Waals surface area contributed by atoms with Crippen LogP contribution in [0.5, 0.6) is 0 Å². The fourth-order valence-electron chi connectivity index (χ4n) is 2.11. The highest BCUT2D eigenvalue weighted by molar-refractivity contribution is 5.89. The van der Waals surface area contributed by atoms with Crippen molar-refractivity contribution in [2.45, 2.75) is 25.2 Å². The van der Waals surface area contributed by atoms with Crippen LogP contribution >= 0.6 is 12.4 Å². The van der Waals surface area contributed by atoms with Gasteiger partial charge in [0.1, 0.15) is 13.1 Å². The third-order valence-electron chi connectivity index (χ3n) is 3.16. The molecule has 1 fully saturated rings. The number of amides is 2. The highest BCUT2D eigenvalue weighted by Crippen LogP contribution is 2.30. The van der Waals surface area contributed by atoms with Crippen molar-refractivity contribution in [1.29, 1.82) is 0 Å². The molecule has 12 heteroatoms. The lowest BCUT2D eigenvalue weighted by molar-refractivity contribution is -0.147. The van der Waals surface area contributed by atoms with Crippen molar-refractivity contribution < 1.29 is 35.9 Å². The van der Waals surface area contributed by atoms with Crippen molar-refractivity contribution in [1.82, 2.24) is 16.0 Å². The lowest BCUT2D eigenvalue weighted by Gasteiger charge is -2.26. The van der Waals surface area contributed by atoms with Gasteiger partial charge in [0.25, 0.3) is 0 Å². The van der Waals surface area contributed by atoms with Crippen LogP contribution in [0, 0.1) is 5.41 Å². The Bertz CT molecular complexity index is 421. The molecule has 2 amide bonds. The molecule has 1 unspecified atom stereocenters. The standard InChI is InChI=1S/C11H15F6N3O2.ClH/c12-10(13,14)5-19-7(21)3-9(1-2-18-4-9)8(22)20-6-11(15,16)17;/h18H,1-6H2,(H,19,21)(H,20,22);1H. The van der Waals surface area contributed by atoms with E-state index < -0.39 is 49.1 Å². The van der Waals surface area contributed by atoms with Crippen molar-refractivity contribution in [3.8, 4) is 0 Å². The summed E-state index contributed by atoms with van der Waals surface area (Å²) in [5.74, 6) is -2.04. The summed E-state index contributed by atoms with van der Waals surface area (Å²) >= 11 is 0. The van der Waals surface area contributed by atoms with Crippen molar-refractivity contribution >= 4 is 24.2 Å². The first-order valence-corrected chi connectivity index (χ1v) is 6.33. The normalized spacial score (nSPS) is 21.5. The van der Waals surface area contributed by atoms with Crippen LogP contribution in [0.4, 0.5) is 26.3 Å². The zero-order chi connectivity index (χ0) is 17.0. The summed E-state index contributed by atoms with van der Waals surface area (Å²) in [7, 11) is 0. The molecule has 5 nitrogen and oxygen atoms in total. The van der Waals surface area contributed by atoms with Crippen molar-refractivity contribution in [3.05, 3.63) is 0 Å². The fourth-order valence-corrected chi connectivity index (χ4v) is 2.11. The minimum atomic E-state index is -4.61. The Balaban J connectivity index is 0.00000484. The average molecular weight is 372 g/mol. The molecule has 0 radical (unpaired) electrons. The van der Waals surface area contributed by atoms with Gasteiger partial charge < -0.3 is 16.0 Å². The average Bonchev–Trinajstić information content (AvgIpc) is 2.81. The smallest absolute Gasteiger partial charge is 0.347 e. The van der Waals surface area contributed by atoms with Gasteiger partial charge in [0.2, 0.25) is 11.8 Å². The SMILES string of the molecule is Cl.O=C(CC1(C(=O)NCC(F)(F)F)CCNC1)NCC(F)(F)F. The van der Waals surface area contributed by atoms with Crippen LogP contribution in [0.25, 0.3) is 0 Å². The van der Waals surface area contributed by atoms with Gasteiger partial charge in [0.05, 0.1) is 5.41 Å². The molecule has 1 aliphatic heterocycles. The van der Waals surface area contributed by atoms with Gasteiger partial charge in [0.15, 0.2) is 0 Å². The van der Waals surface area contributed by atoms with Crippen LogP contribution in [0.2, 0.25) is 0 Å². The number of carbonyl (C=O) groups excluding carboxylic acids is 2. The molecule has 0 aromatic heterocycles. The van der Waals surface area contributed by atoms with E-state index in [-0.39, 0.29) is 31.9 Å². The van der Waals surface area contributed by atoms with Crippen molar-refractivity contribution in [2.24, 2.45) is 5.41 Å². The van der Waals surface area contributed by atoms with Gasteiger partial charge in [0, 0.05) is 13.0 Å². The molecule has 1 saturated heterocycles. The van der Waals surface area contributed by atoms with E-state index in [0.29, 0.717) is 0 Å². The second kappa shape index (κ2) is 8.04. The molecule has 0 aliphatic carbocycles. The molecule has 1 rings (SSSR count). The zero-order valence-corrected chi connectivity index (χ0v) is 12.6. The number of alkyl halides is 6. The second-order valence-corrected chi connectivity index (χ2v) is 5.07. The van der Waals surface area contributed by atoms with Crippen LogP contribution in [0.1, 0.15) is 12.8 Å². The number of carbonyl (C=O) groups is 2. The summed E-state index contributed by atoms with van der Waals surface area (Å²) in [4.78, 5) is 23.4. The van der Waals surface area contributed by atoms with Crippen LogP contribution in [0.3, 0.4) is 0 Å². The van der Waals surface area contributed by atoms with E-state index in [2.05, 4.69) is 5.32 Å². The molecule has 0 saturated carbocycles. The van der Waals surface area contributed by atoms with Crippen molar-refractivity contribution in [3.63, 3.8) is 0 Å². The Hall–Kier alpha value is -1.23. The predicted molar refractivity (Wildman–Crippen MR) is 69.9 cm³/mol. The summed E-state index contributed by atoms with van der Waals surface area (Å²) < 4.78 is 72.3. The van der Waals surface area contributed by atoms with E-state index >= 15 is 0 Å². The molecular formula is C11H16ClF6N3O2. The number of rotatable bonds is 5. The molecule has 23 heavy (non-hydrogen) atoms. The quantitative estimate of drug-likeness (QED) is 0.635. The Labute approximate surface area is 134 Å². The van der Waals surface area contributed by atoms with Crippen LogP contribution < -0.4 is 16.0 Å². The van der Waals surface area contributed by atoms with Crippen LogP contribution in [-0.4, -0.2) is 50.3 Å². The highest BCUT2D eigenvalue weighted by Gasteiger charge is 2.44. The van der Waals surface area contributed by atoms with Gasteiger partial charge in [-0.15, -0.1) is 12.4 Å². The number of hydrogen-bond donors (Lipinski definition) is 3. The molecule has 0 aromatic carbocycles. The molecule has 1 aliphatic rings. The van der Waals surface area contributed by atoms with Crippen LogP contribution in [-0.2, 0) is 9.59 Å². The van der Waals surface area contributed by atoms with Gasteiger partial charge in [-0.3, -0.25) is 9.59 Å². The van der Waals surface area contributed by atoms with E-state index in [4.69, 9.17) is 0 Å². The monoisotopic (exact) mass is 371 g/mol. The third-order valence-corrected chi connectivity index (χ3v) is 3.16. The molecule has 0 spiro atoms. The summed E-state index contributed by atoms with van der Waals surface area (Å²) in [5, 5.41) is 6.01. The Morgan fingerprint density at radius 1 is 1.00 bits per heavy atom. The number of hydrogen-bond acceptors (Lipinski definition) is 3. The minimum Gasteiger partial charge on any atom is -0.347 e. The molecule has 3 N–H and O–H groups in total. The maximum absolute atomic E-state index is 12.1. The van der Waals surface area contributed by atoms with E-state index in [0.717, 1.165) is 0 Å². The Kier molecular flexibility index (Phi) is 7.61. The highest BCUT2D eigenvalue weighted by atomic mass is 35.5. The summed E-state index contributed by atoms with van der Waals surface area (Å²) in [5.41, 5.74) is -1.47. The molecular weight excluding hydrogens is 356 g/mol.